The second kappa shape index (κ2) is 6.72. The summed E-state index contributed by atoms with van der Waals surface area (Å²) in [6.45, 7) is 9.63. The number of piperazine rings is 1. The van der Waals surface area contributed by atoms with Gasteiger partial charge >= 0.3 is 0 Å². The molecular formula is C15H24N4O. The molecule has 1 aromatic carbocycles. The number of carbonyl (C=O) groups is 1. The lowest BCUT2D eigenvalue weighted by Gasteiger charge is -2.33. The summed E-state index contributed by atoms with van der Waals surface area (Å²) >= 11 is 0. The Morgan fingerprint density at radius 1 is 1.25 bits per heavy atom. The van der Waals surface area contributed by atoms with Crippen LogP contribution in [0.5, 0.6) is 0 Å². The van der Waals surface area contributed by atoms with Crippen molar-refractivity contribution >= 4 is 17.3 Å². The van der Waals surface area contributed by atoms with Gasteiger partial charge in [-0.3, -0.25) is 9.69 Å². The summed E-state index contributed by atoms with van der Waals surface area (Å²) in [5, 5.41) is 2.95. The van der Waals surface area contributed by atoms with Crippen molar-refractivity contribution in [1.29, 1.82) is 0 Å². The van der Waals surface area contributed by atoms with Crippen LogP contribution in [0.15, 0.2) is 18.2 Å². The predicted molar refractivity (Wildman–Crippen MR) is 82.8 cm³/mol. The maximum atomic E-state index is 12.1. The van der Waals surface area contributed by atoms with Crippen LogP contribution in [0.25, 0.3) is 0 Å². The van der Waals surface area contributed by atoms with Gasteiger partial charge in [-0.25, -0.2) is 0 Å². The van der Waals surface area contributed by atoms with E-state index in [1.807, 2.05) is 25.1 Å². The first-order valence-electron chi connectivity index (χ1n) is 7.19. The van der Waals surface area contributed by atoms with Crippen molar-refractivity contribution in [3.63, 3.8) is 0 Å². The molecule has 110 valence electrons. The average Bonchev–Trinajstić information content (AvgIpc) is 2.45. The van der Waals surface area contributed by atoms with Gasteiger partial charge in [-0.2, -0.15) is 0 Å². The van der Waals surface area contributed by atoms with Crippen molar-refractivity contribution in [3.8, 4) is 0 Å². The van der Waals surface area contributed by atoms with Crippen molar-refractivity contribution < 1.29 is 4.79 Å². The van der Waals surface area contributed by atoms with E-state index < -0.39 is 0 Å². The number of rotatable bonds is 4. The molecule has 5 nitrogen and oxygen atoms in total. The van der Waals surface area contributed by atoms with Gasteiger partial charge in [0.25, 0.3) is 0 Å². The highest BCUT2D eigenvalue weighted by Crippen LogP contribution is 2.20. The Labute approximate surface area is 120 Å². The van der Waals surface area contributed by atoms with Crippen LogP contribution in [-0.2, 0) is 4.79 Å². The predicted octanol–water partition coefficient (Wildman–Crippen LogP) is 1.15. The highest BCUT2D eigenvalue weighted by molar-refractivity contribution is 5.93. The maximum Gasteiger partial charge on any atom is 0.238 e. The van der Waals surface area contributed by atoms with Gasteiger partial charge < -0.3 is 16.0 Å². The zero-order chi connectivity index (χ0) is 14.5. The third-order valence-corrected chi connectivity index (χ3v) is 3.93. The van der Waals surface area contributed by atoms with Crippen LogP contribution in [0, 0.1) is 6.92 Å². The number of nitrogens with two attached hydrogens (primary N) is 1. The third kappa shape index (κ3) is 3.71. The quantitative estimate of drug-likeness (QED) is 0.810. The Morgan fingerprint density at radius 2 is 1.90 bits per heavy atom. The molecule has 0 atom stereocenters. The molecule has 1 aliphatic heterocycles. The zero-order valence-electron chi connectivity index (χ0n) is 12.4. The molecule has 1 aromatic rings. The largest absolute Gasteiger partial charge is 0.398 e. The maximum absolute atomic E-state index is 12.1. The van der Waals surface area contributed by atoms with Gasteiger partial charge in [0.15, 0.2) is 0 Å². The van der Waals surface area contributed by atoms with Crippen LogP contribution in [-0.4, -0.2) is 55.0 Å². The fourth-order valence-corrected chi connectivity index (χ4v) is 2.45. The Bertz CT molecular complexity index is 467. The molecule has 0 aromatic heterocycles. The summed E-state index contributed by atoms with van der Waals surface area (Å²) < 4.78 is 0. The zero-order valence-corrected chi connectivity index (χ0v) is 12.4. The molecule has 3 N–H and O–H groups in total. The Hall–Kier alpha value is -1.59. The van der Waals surface area contributed by atoms with Gasteiger partial charge in [-0.15, -0.1) is 0 Å². The highest BCUT2D eigenvalue weighted by Gasteiger charge is 2.18. The van der Waals surface area contributed by atoms with E-state index in [0.717, 1.165) is 44.0 Å². The van der Waals surface area contributed by atoms with Crippen LogP contribution in [0.4, 0.5) is 11.4 Å². The smallest absolute Gasteiger partial charge is 0.238 e. The lowest BCUT2D eigenvalue weighted by molar-refractivity contribution is -0.117. The number of carbonyl (C=O) groups excluding carboxylic acids is 1. The SMILES string of the molecule is CCN1CCN(CC(=O)Nc2cccc(N)c2C)CC1. The van der Waals surface area contributed by atoms with Crippen LogP contribution < -0.4 is 11.1 Å². The van der Waals surface area contributed by atoms with Gasteiger partial charge in [0.05, 0.1) is 6.54 Å². The topological polar surface area (TPSA) is 61.6 Å². The monoisotopic (exact) mass is 276 g/mol. The van der Waals surface area contributed by atoms with E-state index in [1.54, 1.807) is 0 Å². The van der Waals surface area contributed by atoms with Crippen LogP contribution in [0.3, 0.4) is 0 Å². The van der Waals surface area contributed by atoms with E-state index in [1.165, 1.54) is 0 Å². The van der Waals surface area contributed by atoms with E-state index >= 15 is 0 Å². The number of amides is 1. The summed E-state index contributed by atoms with van der Waals surface area (Å²) in [5.41, 5.74) is 8.29. The van der Waals surface area contributed by atoms with Crippen molar-refractivity contribution in [2.24, 2.45) is 0 Å². The number of hydrogen-bond acceptors (Lipinski definition) is 4. The highest BCUT2D eigenvalue weighted by atomic mass is 16.2. The fraction of sp³-hybridized carbons (Fsp3) is 0.533. The molecular weight excluding hydrogens is 252 g/mol. The van der Waals surface area contributed by atoms with Crippen LogP contribution in [0.1, 0.15) is 12.5 Å². The lowest BCUT2D eigenvalue weighted by Crippen LogP contribution is -2.48. The number of nitrogen functional groups attached to an aromatic ring is 1. The molecule has 1 saturated heterocycles. The van der Waals surface area contributed by atoms with E-state index in [0.29, 0.717) is 12.2 Å². The number of likely N-dealkylation sites (N-methyl/N-ethyl adjacent to an activating group) is 1. The fourth-order valence-electron chi connectivity index (χ4n) is 2.45. The summed E-state index contributed by atoms with van der Waals surface area (Å²) in [6, 6.07) is 5.59. The van der Waals surface area contributed by atoms with Gasteiger partial charge in [0, 0.05) is 37.6 Å². The number of benzene rings is 1. The molecule has 1 aliphatic rings. The summed E-state index contributed by atoms with van der Waals surface area (Å²) in [5.74, 6) is 0.0312. The van der Waals surface area contributed by atoms with E-state index in [4.69, 9.17) is 5.73 Å². The second-order valence-electron chi connectivity index (χ2n) is 5.28. The molecule has 1 heterocycles. The first kappa shape index (κ1) is 14.8. The van der Waals surface area contributed by atoms with Gasteiger partial charge in [-0.05, 0) is 31.2 Å². The molecule has 0 saturated carbocycles. The molecule has 1 amide bonds. The van der Waals surface area contributed by atoms with Gasteiger partial charge in [0.1, 0.15) is 0 Å². The summed E-state index contributed by atoms with van der Waals surface area (Å²) in [6.07, 6.45) is 0. The molecule has 1 fully saturated rings. The van der Waals surface area contributed by atoms with Crippen LogP contribution >= 0.6 is 0 Å². The summed E-state index contributed by atoms with van der Waals surface area (Å²) in [7, 11) is 0. The van der Waals surface area contributed by atoms with Crippen molar-refractivity contribution in [1.82, 2.24) is 9.80 Å². The van der Waals surface area contributed by atoms with Gasteiger partial charge in [-0.1, -0.05) is 13.0 Å². The molecule has 20 heavy (non-hydrogen) atoms. The Morgan fingerprint density at radius 3 is 2.55 bits per heavy atom. The number of nitrogens with zero attached hydrogens (tertiary/aromatic N) is 2. The van der Waals surface area contributed by atoms with Crippen molar-refractivity contribution in [2.75, 3.05) is 50.3 Å². The molecule has 0 unspecified atom stereocenters. The summed E-state index contributed by atoms with van der Waals surface area (Å²) in [4.78, 5) is 16.7. The first-order valence-corrected chi connectivity index (χ1v) is 7.19. The molecule has 0 radical (unpaired) electrons. The number of nitrogens with one attached hydrogen (secondary N) is 1. The van der Waals surface area contributed by atoms with E-state index in [2.05, 4.69) is 22.0 Å². The van der Waals surface area contributed by atoms with E-state index in [-0.39, 0.29) is 5.91 Å². The van der Waals surface area contributed by atoms with E-state index in [9.17, 15) is 4.79 Å². The van der Waals surface area contributed by atoms with Crippen molar-refractivity contribution in [3.05, 3.63) is 23.8 Å². The minimum absolute atomic E-state index is 0.0312. The minimum atomic E-state index is 0.0312. The third-order valence-electron chi connectivity index (χ3n) is 3.93. The number of hydrogen-bond donors (Lipinski definition) is 2. The number of anilines is 2. The van der Waals surface area contributed by atoms with Crippen molar-refractivity contribution in [2.45, 2.75) is 13.8 Å². The van der Waals surface area contributed by atoms with Crippen LogP contribution in [0.2, 0.25) is 0 Å². The first-order chi connectivity index (χ1) is 9.60. The molecule has 0 bridgehead atoms. The average molecular weight is 276 g/mol. The molecule has 0 spiro atoms. The molecule has 5 heteroatoms. The Balaban J connectivity index is 1.85. The molecule has 2 rings (SSSR count). The normalized spacial score (nSPS) is 17.1. The standard InChI is InChI=1S/C15H24N4O/c1-3-18-7-9-19(10-8-18)11-15(20)17-14-6-4-5-13(16)12(14)2/h4-6H,3,7-11,16H2,1-2H3,(H,17,20). The second-order valence-corrected chi connectivity index (χ2v) is 5.28. The Kier molecular flexibility index (Phi) is 4.98. The molecule has 0 aliphatic carbocycles. The lowest BCUT2D eigenvalue weighted by atomic mass is 10.1. The van der Waals surface area contributed by atoms with Gasteiger partial charge in [0.2, 0.25) is 5.91 Å². The minimum Gasteiger partial charge on any atom is -0.398 e.